The molecule has 0 spiro atoms. The standard InChI is InChI=1S/C58H96Br2N2O6S2.C26H44BrNO2S.C6H8O2.Na.H/c1-5-9-13-17-21-23-27-31-35-45(33-29-25-19-15-11-7-3)43-61-55(65)57(67,51-37-39-53(59)69-51)47-41-50(64)48(42-49(47)63)58(68,52-38-40-54(60)70-52)56(66)62-44-46(34-30-26-20-16-12-8-4)36-32-28-24-22-18-14-10-6-2;1-3-5-7-9-11-12-14-16-18-22(17-15-13-10-8-6-4-2)21-28-26(30)25(29)23-19-20-24(27)31-23;7-5-1-2-6(8)4-3-5;;/h37-40,45-48,67-68H,5-36,41-44H2,1-4H3,(H,61,65)(H,62,66);19-20,22H,3-18,21H2,1-2H3,(H,28,30);1-4H2;;/q;;;+1;-1. The monoisotopic (exact) mass is 1790 g/mol. The third-order valence-electron chi connectivity index (χ3n) is 22.5. The molecule has 110 heavy (non-hydrogen) atoms. The number of amides is 3. The van der Waals surface area contributed by atoms with Gasteiger partial charge in [0.05, 0.1) is 28.1 Å². The third kappa shape index (κ3) is 43.6. The van der Waals surface area contributed by atoms with Crippen molar-refractivity contribution in [2.24, 2.45) is 29.6 Å². The van der Waals surface area contributed by atoms with Crippen LogP contribution in [0.5, 0.6) is 0 Å². The average molecular weight is 1790 g/mol. The van der Waals surface area contributed by atoms with Crippen LogP contribution in [0, 0.1) is 29.6 Å². The number of halogens is 3. The zero-order valence-corrected chi connectivity index (χ0v) is 78.9. The Morgan fingerprint density at radius 1 is 0.373 bits per heavy atom. The van der Waals surface area contributed by atoms with Gasteiger partial charge in [0.2, 0.25) is 0 Å². The van der Waals surface area contributed by atoms with Gasteiger partial charge in [-0.3, -0.25) is 38.4 Å². The minimum atomic E-state index is -2.32. The molecular weight excluding hydrogens is 1640 g/mol. The fraction of sp³-hybridized carbons (Fsp3) is 0.778. The smallest absolute Gasteiger partial charge is 1.00 e. The SMILES string of the molecule is CCCCCCCCCCC(CCCCCCCC)CNC(=O)C(=O)c1ccc(Br)s1.CCCCCCCCCCC(CCCCCCCC)CNC(=O)C(O)(c1ccc(Br)s1)C1CC(=O)C(C(O)(C(=O)NCC(CCCCCCCC)CCCCCCCCCC)c2ccc(Br)s2)CC1=O.O=C1CCC(=O)CC1.[H-].[Na+]. The number of ketones is 5. The number of carbonyl (C=O) groups excluding carboxylic acids is 8. The number of carbonyl (C=O) groups is 8. The Kier molecular flexibility index (Phi) is 61.8. The van der Waals surface area contributed by atoms with Crippen molar-refractivity contribution in [2.75, 3.05) is 19.6 Å². The molecule has 5 N–H and O–H groups in total. The fourth-order valence-corrected chi connectivity index (χ4v) is 19.8. The maximum atomic E-state index is 14.6. The Morgan fingerprint density at radius 2 is 0.609 bits per heavy atom. The number of Topliss-reactive ketones (excluding diaryl/α,β-unsaturated/α-hetero) is 5. The van der Waals surface area contributed by atoms with Crippen molar-refractivity contribution in [2.45, 2.75) is 399 Å². The number of nitrogens with one attached hydrogen (secondary N) is 3. The molecule has 0 saturated heterocycles. The molecule has 13 nitrogen and oxygen atoms in total. The van der Waals surface area contributed by atoms with Crippen molar-refractivity contribution in [1.82, 2.24) is 16.0 Å². The van der Waals surface area contributed by atoms with Gasteiger partial charge in [-0.25, -0.2) is 0 Å². The summed E-state index contributed by atoms with van der Waals surface area (Å²) in [6, 6.07) is 10.3. The molecule has 3 aromatic heterocycles. The number of thiophene rings is 3. The van der Waals surface area contributed by atoms with E-state index in [2.05, 4.69) is 105 Å². The summed E-state index contributed by atoms with van der Waals surface area (Å²) in [7, 11) is 0. The zero-order valence-electron chi connectivity index (χ0n) is 70.7. The van der Waals surface area contributed by atoms with E-state index in [1.807, 2.05) is 6.07 Å². The average Bonchev–Trinajstić information content (AvgIpc) is 1.72. The molecular formula is C90H149Br3N3NaO10S3. The van der Waals surface area contributed by atoms with Crippen LogP contribution < -0.4 is 45.5 Å². The number of hydrogen-bond acceptors (Lipinski definition) is 13. The molecule has 2 saturated carbocycles. The molecule has 2 aliphatic rings. The first-order valence-corrected chi connectivity index (χ1v) is 48.8. The van der Waals surface area contributed by atoms with Crippen molar-refractivity contribution < 1.29 is 79.6 Å². The van der Waals surface area contributed by atoms with Crippen molar-refractivity contribution in [3.63, 3.8) is 0 Å². The van der Waals surface area contributed by atoms with Gasteiger partial charge in [0.15, 0.2) is 11.2 Å². The maximum absolute atomic E-state index is 14.6. The van der Waals surface area contributed by atoms with E-state index < -0.39 is 71.0 Å². The second kappa shape index (κ2) is 65.2. The fourth-order valence-electron chi connectivity index (χ4n) is 15.4. The van der Waals surface area contributed by atoms with Crippen molar-refractivity contribution >= 4 is 128 Å². The van der Waals surface area contributed by atoms with Crippen LogP contribution in [0.4, 0.5) is 0 Å². The van der Waals surface area contributed by atoms with Gasteiger partial charge in [-0.15, -0.1) is 34.0 Å². The van der Waals surface area contributed by atoms with Gasteiger partial charge < -0.3 is 27.6 Å². The quantitative estimate of drug-likeness (QED) is 0.0156. The Balaban J connectivity index is 0.00000123. The van der Waals surface area contributed by atoms with Crippen LogP contribution in [-0.4, -0.2) is 76.5 Å². The van der Waals surface area contributed by atoms with E-state index in [-0.39, 0.29) is 64.1 Å². The molecule has 0 bridgehead atoms. The van der Waals surface area contributed by atoms with E-state index in [4.69, 9.17) is 0 Å². The first kappa shape index (κ1) is 104. The molecule has 3 aromatic rings. The number of aliphatic hydroxyl groups is 2. The van der Waals surface area contributed by atoms with Crippen LogP contribution in [0.2, 0.25) is 0 Å². The van der Waals surface area contributed by atoms with Gasteiger partial charge in [-0.05, 0) is 140 Å². The Morgan fingerprint density at radius 3 is 0.845 bits per heavy atom. The molecule has 20 heteroatoms. The second-order valence-corrected chi connectivity index (χ2v) is 39.3. The van der Waals surface area contributed by atoms with Gasteiger partial charge in [0, 0.05) is 67.9 Å². The largest absolute Gasteiger partial charge is 1.00 e. The number of unbranched alkanes of at least 4 members (excludes halogenated alkanes) is 36. The third-order valence-corrected chi connectivity index (χ3v) is 27.6. The molecule has 3 amide bonds. The minimum absolute atomic E-state index is 0. The normalized spacial score (nSPS) is 16.3. The van der Waals surface area contributed by atoms with E-state index in [1.165, 1.54) is 252 Å². The van der Waals surface area contributed by atoms with Crippen molar-refractivity contribution in [3.8, 4) is 0 Å². The topological polar surface area (TPSA) is 213 Å². The summed E-state index contributed by atoms with van der Waals surface area (Å²) in [5.74, 6) is -4.63. The summed E-state index contributed by atoms with van der Waals surface area (Å²) in [6.07, 6.45) is 59.5. The van der Waals surface area contributed by atoms with E-state index in [9.17, 15) is 48.6 Å². The molecule has 2 aliphatic carbocycles. The summed E-state index contributed by atoms with van der Waals surface area (Å²) in [5, 5.41) is 34.6. The van der Waals surface area contributed by atoms with Crippen LogP contribution in [0.15, 0.2) is 47.8 Å². The maximum Gasteiger partial charge on any atom is 1.00 e. The molecule has 0 aliphatic heterocycles. The van der Waals surface area contributed by atoms with Crippen molar-refractivity contribution in [3.05, 3.63) is 62.4 Å². The predicted molar refractivity (Wildman–Crippen MR) is 469 cm³/mol. The zero-order chi connectivity index (χ0) is 79.8. The Bertz CT molecular complexity index is 2820. The van der Waals surface area contributed by atoms with Crippen LogP contribution in [0.25, 0.3) is 0 Å². The van der Waals surface area contributed by atoms with Gasteiger partial charge in [-0.2, -0.15) is 0 Å². The molecule has 7 unspecified atom stereocenters. The first-order valence-electron chi connectivity index (χ1n) is 43.9. The summed E-state index contributed by atoms with van der Waals surface area (Å²) in [5.41, 5.74) is -4.63. The van der Waals surface area contributed by atoms with E-state index >= 15 is 0 Å². The summed E-state index contributed by atoms with van der Waals surface area (Å²) < 4.78 is 2.24. The summed E-state index contributed by atoms with van der Waals surface area (Å²) >= 11 is 14.0. The molecule has 2 fully saturated rings. The number of rotatable bonds is 62. The Labute approximate surface area is 728 Å². The van der Waals surface area contributed by atoms with Gasteiger partial charge in [-0.1, -0.05) is 311 Å². The van der Waals surface area contributed by atoms with Gasteiger partial charge in [0.1, 0.15) is 23.1 Å². The molecule has 0 radical (unpaired) electrons. The minimum Gasteiger partial charge on any atom is -1.00 e. The van der Waals surface area contributed by atoms with Crippen LogP contribution in [0.3, 0.4) is 0 Å². The van der Waals surface area contributed by atoms with Gasteiger partial charge in [0.25, 0.3) is 23.5 Å². The van der Waals surface area contributed by atoms with Gasteiger partial charge >= 0.3 is 29.6 Å². The molecule has 5 rings (SSSR count). The second-order valence-electron chi connectivity index (χ2n) is 31.9. The molecule has 624 valence electrons. The van der Waals surface area contributed by atoms with E-state index in [1.54, 1.807) is 30.3 Å². The molecule has 0 aromatic carbocycles. The predicted octanol–water partition coefficient (Wildman–Crippen LogP) is 23.1. The Hall–Kier alpha value is -1.78. The van der Waals surface area contributed by atoms with Crippen LogP contribution in [-0.2, 0) is 44.8 Å². The molecule has 7 atom stereocenters. The summed E-state index contributed by atoms with van der Waals surface area (Å²) in [6.45, 7) is 14.8. The van der Waals surface area contributed by atoms with Crippen LogP contribution >= 0.6 is 81.8 Å². The van der Waals surface area contributed by atoms with E-state index in [0.717, 1.165) is 93.7 Å². The van der Waals surface area contributed by atoms with Crippen LogP contribution in [0.1, 0.15) is 409 Å². The first-order chi connectivity index (χ1) is 52.7. The number of hydrogen-bond donors (Lipinski definition) is 5. The summed E-state index contributed by atoms with van der Waals surface area (Å²) in [4.78, 5) is 105. The van der Waals surface area contributed by atoms with E-state index in [0.29, 0.717) is 63.7 Å². The van der Waals surface area contributed by atoms with Crippen molar-refractivity contribution in [1.29, 1.82) is 0 Å². The molecule has 3 heterocycles.